The second-order valence-corrected chi connectivity index (χ2v) is 9.82. The normalized spacial score (nSPS) is 24.6. The molecule has 0 bridgehead atoms. The third-order valence-corrected chi connectivity index (χ3v) is 7.54. The van der Waals surface area contributed by atoms with Crippen molar-refractivity contribution in [2.75, 3.05) is 18.5 Å². The fraction of sp³-hybridized carbons (Fsp3) is 0.600. The van der Waals surface area contributed by atoms with Gasteiger partial charge in [0.1, 0.15) is 0 Å². The average molecular weight is 448 g/mol. The Labute approximate surface area is 194 Å². The summed E-state index contributed by atoms with van der Waals surface area (Å²) in [5.41, 5.74) is 3.75. The number of hydrogen-bond donors (Lipinski definition) is 2. The van der Waals surface area contributed by atoms with Crippen LogP contribution >= 0.6 is 0 Å². The molecule has 4 heterocycles. The molecule has 0 spiro atoms. The lowest BCUT2D eigenvalue weighted by atomic mass is 9.83. The third kappa shape index (κ3) is 4.73. The number of rotatable bonds is 6. The number of nitrogens with zero attached hydrogens (tertiary/aromatic N) is 5. The summed E-state index contributed by atoms with van der Waals surface area (Å²) >= 11 is 0. The summed E-state index contributed by atoms with van der Waals surface area (Å²) in [5, 5.41) is 12.1. The number of fused-ring (bicyclic) bond motifs is 1. The van der Waals surface area contributed by atoms with Gasteiger partial charge in [0.15, 0.2) is 5.65 Å². The van der Waals surface area contributed by atoms with Crippen molar-refractivity contribution in [3.05, 3.63) is 36.3 Å². The summed E-state index contributed by atoms with van der Waals surface area (Å²) in [7, 11) is 0. The molecule has 2 N–H and O–H groups in total. The molecule has 1 aliphatic heterocycles. The van der Waals surface area contributed by atoms with Gasteiger partial charge < -0.3 is 15.4 Å². The van der Waals surface area contributed by atoms with Crippen molar-refractivity contribution in [3.8, 4) is 11.4 Å². The zero-order valence-electron chi connectivity index (χ0n) is 19.1. The number of aromatic nitrogens is 5. The Bertz CT molecular complexity index is 1080. The number of anilines is 1. The van der Waals surface area contributed by atoms with E-state index >= 15 is 0 Å². The molecular formula is C25H33N7O. The third-order valence-electron chi connectivity index (χ3n) is 7.54. The largest absolute Gasteiger partial charge is 0.381 e. The standard InChI is InChI=1S/C25H33N7O/c1-2-17(3-1)23-16-24-29-22(9-13-32(24)31-23)21-8-12-26-25(30-21)28-19-6-4-18(5-7-19)27-20-10-14-33-15-11-20/h8-9,12-13,16-20,27H,1-7,10-11,14-15H2,(H,26,28,30)/t18-,19-. The number of nitrogens with one attached hydrogen (secondary N) is 2. The molecule has 2 saturated carbocycles. The molecule has 1 saturated heterocycles. The quantitative estimate of drug-likeness (QED) is 0.591. The van der Waals surface area contributed by atoms with Crippen molar-refractivity contribution in [2.45, 2.75) is 81.8 Å². The molecular weight excluding hydrogens is 414 g/mol. The van der Waals surface area contributed by atoms with E-state index in [1.807, 2.05) is 29.0 Å². The van der Waals surface area contributed by atoms with Crippen LogP contribution in [0.25, 0.3) is 17.0 Å². The van der Waals surface area contributed by atoms with Crippen LogP contribution in [0.3, 0.4) is 0 Å². The van der Waals surface area contributed by atoms with Crippen molar-refractivity contribution >= 4 is 11.6 Å². The maximum absolute atomic E-state index is 5.48. The van der Waals surface area contributed by atoms with Gasteiger partial charge in [-0.2, -0.15) is 5.10 Å². The molecule has 0 atom stereocenters. The van der Waals surface area contributed by atoms with Gasteiger partial charge in [-0.15, -0.1) is 0 Å². The number of ether oxygens (including phenoxy) is 1. The summed E-state index contributed by atoms with van der Waals surface area (Å²) in [5.74, 6) is 1.30. The number of hydrogen-bond acceptors (Lipinski definition) is 7. The van der Waals surface area contributed by atoms with Gasteiger partial charge in [-0.1, -0.05) is 6.42 Å². The lowest BCUT2D eigenvalue weighted by molar-refractivity contribution is 0.0730. The van der Waals surface area contributed by atoms with Gasteiger partial charge in [-0.3, -0.25) is 0 Å². The van der Waals surface area contributed by atoms with Crippen LogP contribution in [-0.2, 0) is 4.74 Å². The molecule has 0 unspecified atom stereocenters. The smallest absolute Gasteiger partial charge is 0.223 e. The van der Waals surface area contributed by atoms with Crippen molar-refractivity contribution in [1.82, 2.24) is 29.9 Å². The molecule has 0 amide bonds. The first-order valence-electron chi connectivity index (χ1n) is 12.6. The van der Waals surface area contributed by atoms with Gasteiger partial charge in [0, 0.05) is 55.7 Å². The van der Waals surface area contributed by atoms with Gasteiger partial charge in [-0.05, 0) is 63.5 Å². The molecule has 3 aromatic heterocycles. The molecule has 0 aromatic carbocycles. The van der Waals surface area contributed by atoms with E-state index in [1.165, 1.54) is 32.1 Å². The fourth-order valence-electron chi connectivity index (χ4n) is 5.30. The Balaban J connectivity index is 1.08. The zero-order valence-corrected chi connectivity index (χ0v) is 19.1. The van der Waals surface area contributed by atoms with Gasteiger partial charge in [0.25, 0.3) is 0 Å². The first kappa shape index (κ1) is 21.0. The van der Waals surface area contributed by atoms with E-state index in [0.29, 0.717) is 30.0 Å². The SMILES string of the molecule is c1cc(-c2ccn3nc(C4CCC4)cc3n2)nc(N[C@H]2CC[C@H](NC3CCOCC3)CC2)n1. The van der Waals surface area contributed by atoms with Crippen LogP contribution in [0.5, 0.6) is 0 Å². The van der Waals surface area contributed by atoms with Crippen molar-refractivity contribution < 1.29 is 4.74 Å². The Morgan fingerprint density at radius 3 is 2.39 bits per heavy atom. The highest BCUT2D eigenvalue weighted by Crippen LogP contribution is 2.35. The predicted molar refractivity (Wildman–Crippen MR) is 127 cm³/mol. The Morgan fingerprint density at radius 1 is 0.848 bits per heavy atom. The van der Waals surface area contributed by atoms with Crippen LogP contribution in [0, 0.1) is 0 Å². The van der Waals surface area contributed by atoms with Crippen molar-refractivity contribution in [1.29, 1.82) is 0 Å². The lowest BCUT2D eigenvalue weighted by Gasteiger charge is -2.33. The van der Waals surface area contributed by atoms with Crippen molar-refractivity contribution in [2.24, 2.45) is 0 Å². The second-order valence-electron chi connectivity index (χ2n) is 9.82. The second kappa shape index (κ2) is 9.35. The molecule has 0 radical (unpaired) electrons. The summed E-state index contributed by atoms with van der Waals surface area (Å²) in [4.78, 5) is 14.1. The van der Waals surface area contributed by atoms with Crippen LogP contribution in [0.2, 0.25) is 0 Å². The Kier molecular flexibility index (Phi) is 5.94. The summed E-state index contributed by atoms with van der Waals surface area (Å²) in [6, 6.07) is 7.71. The summed E-state index contributed by atoms with van der Waals surface area (Å²) < 4.78 is 7.36. The van der Waals surface area contributed by atoms with Crippen LogP contribution in [-0.4, -0.2) is 55.9 Å². The van der Waals surface area contributed by atoms with Crippen LogP contribution < -0.4 is 10.6 Å². The van der Waals surface area contributed by atoms with E-state index < -0.39 is 0 Å². The van der Waals surface area contributed by atoms with E-state index in [0.717, 1.165) is 61.6 Å². The van der Waals surface area contributed by atoms with E-state index in [2.05, 4.69) is 21.7 Å². The molecule has 3 aliphatic rings. The maximum atomic E-state index is 5.48. The van der Waals surface area contributed by atoms with Crippen LogP contribution in [0.4, 0.5) is 5.95 Å². The zero-order chi connectivity index (χ0) is 22.0. The Hall–Kier alpha value is -2.58. The van der Waals surface area contributed by atoms with E-state index in [-0.39, 0.29) is 0 Å². The molecule has 2 aliphatic carbocycles. The summed E-state index contributed by atoms with van der Waals surface area (Å²) in [6.07, 6.45) is 14.5. The van der Waals surface area contributed by atoms with E-state index in [4.69, 9.17) is 19.8 Å². The molecule has 3 fully saturated rings. The first-order chi connectivity index (χ1) is 16.3. The minimum atomic E-state index is 0.420. The highest BCUT2D eigenvalue weighted by molar-refractivity contribution is 5.58. The minimum absolute atomic E-state index is 0.420. The van der Waals surface area contributed by atoms with Gasteiger partial charge in [0.2, 0.25) is 5.95 Å². The molecule has 8 heteroatoms. The van der Waals surface area contributed by atoms with Crippen LogP contribution in [0.1, 0.15) is 69.4 Å². The first-order valence-corrected chi connectivity index (χ1v) is 12.6. The Morgan fingerprint density at radius 2 is 1.61 bits per heavy atom. The van der Waals surface area contributed by atoms with Crippen LogP contribution in [0.15, 0.2) is 30.6 Å². The topological polar surface area (TPSA) is 89.3 Å². The lowest BCUT2D eigenvalue weighted by Crippen LogP contribution is -2.44. The van der Waals surface area contributed by atoms with Gasteiger partial charge in [0.05, 0.1) is 17.1 Å². The molecule has 8 nitrogen and oxygen atoms in total. The van der Waals surface area contributed by atoms with Gasteiger partial charge in [-0.25, -0.2) is 19.5 Å². The highest BCUT2D eigenvalue weighted by Gasteiger charge is 2.25. The minimum Gasteiger partial charge on any atom is -0.381 e. The monoisotopic (exact) mass is 447 g/mol. The molecule has 6 rings (SSSR count). The predicted octanol–water partition coefficient (Wildman–Crippen LogP) is 3.95. The fourth-order valence-corrected chi connectivity index (χ4v) is 5.30. The summed E-state index contributed by atoms with van der Waals surface area (Å²) in [6.45, 7) is 1.79. The molecule has 3 aromatic rings. The molecule has 174 valence electrons. The van der Waals surface area contributed by atoms with Gasteiger partial charge >= 0.3 is 0 Å². The van der Waals surface area contributed by atoms with E-state index in [1.54, 1.807) is 0 Å². The maximum Gasteiger partial charge on any atom is 0.223 e. The average Bonchev–Trinajstić information content (AvgIpc) is 3.22. The van der Waals surface area contributed by atoms with Crippen molar-refractivity contribution in [3.63, 3.8) is 0 Å². The van der Waals surface area contributed by atoms with E-state index in [9.17, 15) is 0 Å². The highest BCUT2D eigenvalue weighted by atomic mass is 16.5. The molecule has 33 heavy (non-hydrogen) atoms.